The third kappa shape index (κ3) is 3.40. The highest BCUT2D eigenvalue weighted by Gasteiger charge is 2.17. The summed E-state index contributed by atoms with van der Waals surface area (Å²) in [6.45, 7) is 1.61. The summed E-state index contributed by atoms with van der Waals surface area (Å²) in [6, 6.07) is 10.8. The molecule has 2 aromatic heterocycles. The van der Waals surface area contributed by atoms with Crippen LogP contribution in [0.4, 0.5) is 10.5 Å². The lowest BCUT2D eigenvalue weighted by Crippen LogP contribution is -2.38. The zero-order valence-electron chi connectivity index (χ0n) is 13.6. The van der Waals surface area contributed by atoms with Gasteiger partial charge in [0, 0.05) is 24.3 Å². The lowest BCUT2D eigenvalue weighted by molar-refractivity contribution is 0.200. The summed E-state index contributed by atoms with van der Waals surface area (Å²) in [7, 11) is 0. The second kappa shape index (κ2) is 6.80. The molecule has 1 aliphatic rings. The number of rotatable bonds is 3. The maximum atomic E-state index is 12.3. The van der Waals surface area contributed by atoms with Crippen molar-refractivity contribution in [2.75, 3.05) is 18.4 Å². The molecule has 3 heterocycles. The molecule has 0 unspecified atom stereocenters. The number of aromatic nitrogens is 2. The number of carbonyl (C=O) groups is 1. The van der Waals surface area contributed by atoms with Crippen LogP contribution in [0.5, 0.6) is 0 Å². The number of likely N-dealkylation sites (tertiary alicyclic amines) is 1. The Morgan fingerprint density at radius 3 is 2.68 bits per heavy atom. The van der Waals surface area contributed by atoms with E-state index in [-0.39, 0.29) is 6.03 Å². The van der Waals surface area contributed by atoms with E-state index in [0.29, 0.717) is 23.2 Å². The first-order valence-electron chi connectivity index (χ1n) is 8.33. The van der Waals surface area contributed by atoms with Gasteiger partial charge in [0.1, 0.15) is 0 Å². The van der Waals surface area contributed by atoms with Gasteiger partial charge in [0.25, 0.3) is 5.89 Å². The molecule has 2 amide bonds. The Bertz CT molecular complexity index is 851. The summed E-state index contributed by atoms with van der Waals surface area (Å²) in [5.41, 5.74) is 1.44. The molecule has 25 heavy (non-hydrogen) atoms. The number of piperidine rings is 1. The van der Waals surface area contributed by atoms with Crippen LogP contribution in [0.2, 0.25) is 0 Å². The number of benzene rings is 1. The van der Waals surface area contributed by atoms with E-state index in [1.165, 1.54) is 6.42 Å². The van der Waals surface area contributed by atoms with Crippen molar-refractivity contribution in [3.8, 4) is 23.1 Å². The van der Waals surface area contributed by atoms with Crippen molar-refractivity contribution in [2.24, 2.45) is 0 Å². The first-order chi connectivity index (χ1) is 12.3. The summed E-state index contributed by atoms with van der Waals surface area (Å²) in [6.07, 6.45) is 4.86. The van der Waals surface area contributed by atoms with E-state index in [2.05, 4.69) is 15.5 Å². The van der Waals surface area contributed by atoms with Crippen molar-refractivity contribution >= 4 is 11.7 Å². The Kier molecular flexibility index (Phi) is 4.20. The number of carbonyl (C=O) groups excluding carboxylic acids is 1. The van der Waals surface area contributed by atoms with E-state index in [9.17, 15) is 4.79 Å². The van der Waals surface area contributed by atoms with Crippen molar-refractivity contribution in [1.82, 2.24) is 15.1 Å². The van der Waals surface area contributed by atoms with Crippen LogP contribution >= 0.6 is 0 Å². The predicted molar refractivity (Wildman–Crippen MR) is 91.9 cm³/mol. The number of nitrogens with zero attached hydrogens (tertiary/aromatic N) is 3. The topological polar surface area (TPSA) is 84.4 Å². The monoisotopic (exact) mass is 338 g/mol. The number of furan rings is 1. The average Bonchev–Trinajstić information content (AvgIpc) is 3.34. The van der Waals surface area contributed by atoms with Gasteiger partial charge in [-0.3, -0.25) is 0 Å². The maximum Gasteiger partial charge on any atom is 0.321 e. The highest BCUT2D eigenvalue weighted by molar-refractivity contribution is 5.90. The summed E-state index contributed by atoms with van der Waals surface area (Å²) >= 11 is 0. The molecule has 0 saturated carbocycles. The van der Waals surface area contributed by atoms with Gasteiger partial charge >= 0.3 is 6.03 Å². The lowest BCUT2D eigenvalue weighted by Gasteiger charge is -2.26. The molecular formula is C18H18N4O3. The standard InChI is InChI=1S/C18H18N4O3/c23-18(22-9-2-1-3-10-22)19-14-7-4-6-13(12-14)16-20-21-17(25-16)15-8-5-11-24-15/h4-8,11-12H,1-3,9-10H2,(H,19,23). The van der Waals surface area contributed by atoms with E-state index >= 15 is 0 Å². The Hall–Kier alpha value is -3.09. The highest BCUT2D eigenvalue weighted by Crippen LogP contribution is 2.26. The fourth-order valence-corrected chi connectivity index (χ4v) is 2.87. The third-order valence-corrected chi connectivity index (χ3v) is 4.16. The first-order valence-corrected chi connectivity index (χ1v) is 8.33. The minimum atomic E-state index is -0.0707. The number of hydrogen-bond acceptors (Lipinski definition) is 5. The Labute approximate surface area is 144 Å². The number of nitrogens with one attached hydrogen (secondary N) is 1. The number of amides is 2. The number of urea groups is 1. The van der Waals surface area contributed by atoms with Gasteiger partial charge in [-0.1, -0.05) is 6.07 Å². The van der Waals surface area contributed by atoms with E-state index in [4.69, 9.17) is 8.83 Å². The average molecular weight is 338 g/mol. The molecule has 1 N–H and O–H groups in total. The summed E-state index contributed by atoms with van der Waals surface area (Å²) in [5.74, 6) is 1.22. The maximum absolute atomic E-state index is 12.3. The fraction of sp³-hybridized carbons (Fsp3) is 0.278. The second-order valence-corrected chi connectivity index (χ2v) is 5.95. The molecule has 1 aromatic carbocycles. The van der Waals surface area contributed by atoms with Gasteiger partial charge in [-0.25, -0.2) is 4.79 Å². The molecule has 7 heteroatoms. The number of hydrogen-bond donors (Lipinski definition) is 1. The molecule has 0 bridgehead atoms. The van der Waals surface area contributed by atoms with Gasteiger partial charge in [-0.2, -0.15) is 0 Å². The first kappa shape index (κ1) is 15.4. The normalized spacial score (nSPS) is 14.5. The molecule has 0 atom stereocenters. The molecular weight excluding hydrogens is 320 g/mol. The molecule has 3 aromatic rings. The molecule has 0 radical (unpaired) electrons. The van der Waals surface area contributed by atoms with Crippen LogP contribution in [-0.4, -0.2) is 34.2 Å². The van der Waals surface area contributed by atoms with Crippen LogP contribution in [0, 0.1) is 0 Å². The van der Waals surface area contributed by atoms with Gasteiger partial charge < -0.3 is 19.1 Å². The van der Waals surface area contributed by atoms with Gasteiger partial charge in [-0.05, 0) is 49.6 Å². The molecule has 1 saturated heterocycles. The molecule has 128 valence electrons. The predicted octanol–water partition coefficient (Wildman–Crippen LogP) is 4.01. The molecule has 0 spiro atoms. The quantitative estimate of drug-likeness (QED) is 0.780. The summed E-state index contributed by atoms with van der Waals surface area (Å²) in [4.78, 5) is 14.2. The smallest absolute Gasteiger partial charge is 0.321 e. The molecule has 7 nitrogen and oxygen atoms in total. The van der Waals surface area contributed by atoms with Crippen LogP contribution in [0.15, 0.2) is 51.5 Å². The number of anilines is 1. The van der Waals surface area contributed by atoms with Crippen molar-refractivity contribution in [2.45, 2.75) is 19.3 Å². The molecule has 0 aliphatic carbocycles. The fourth-order valence-electron chi connectivity index (χ4n) is 2.87. The van der Waals surface area contributed by atoms with Crippen molar-refractivity contribution in [3.63, 3.8) is 0 Å². The highest BCUT2D eigenvalue weighted by atomic mass is 16.4. The zero-order chi connectivity index (χ0) is 17.1. The minimum absolute atomic E-state index is 0.0707. The third-order valence-electron chi connectivity index (χ3n) is 4.16. The minimum Gasteiger partial charge on any atom is -0.459 e. The summed E-state index contributed by atoms with van der Waals surface area (Å²) in [5, 5.41) is 11.0. The largest absolute Gasteiger partial charge is 0.459 e. The van der Waals surface area contributed by atoms with Gasteiger partial charge in [0.2, 0.25) is 5.89 Å². The van der Waals surface area contributed by atoms with Gasteiger partial charge in [0.05, 0.1) is 6.26 Å². The van der Waals surface area contributed by atoms with E-state index in [1.807, 2.05) is 29.2 Å². The van der Waals surface area contributed by atoms with Crippen LogP contribution in [-0.2, 0) is 0 Å². The van der Waals surface area contributed by atoms with E-state index in [0.717, 1.165) is 31.5 Å². The second-order valence-electron chi connectivity index (χ2n) is 5.95. The Balaban J connectivity index is 1.50. The molecule has 4 rings (SSSR count). The SMILES string of the molecule is O=C(Nc1cccc(-c2nnc(-c3ccco3)o2)c1)N1CCCCC1. The Morgan fingerprint density at radius 2 is 1.88 bits per heavy atom. The zero-order valence-corrected chi connectivity index (χ0v) is 13.6. The Morgan fingerprint density at radius 1 is 1.04 bits per heavy atom. The van der Waals surface area contributed by atoms with Crippen LogP contribution < -0.4 is 5.32 Å². The van der Waals surface area contributed by atoms with Crippen LogP contribution in [0.3, 0.4) is 0 Å². The molecule has 1 aliphatic heterocycles. The summed E-state index contributed by atoms with van der Waals surface area (Å²) < 4.78 is 10.9. The van der Waals surface area contributed by atoms with Crippen molar-refractivity contribution in [1.29, 1.82) is 0 Å². The van der Waals surface area contributed by atoms with Gasteiger partial charge in [-0.15, -0.1) is 10.2 Å². The lowest BCUT2D eigenvalue weighted by atomic mass is 10.1. The van der Waals surface area contributed by atoms with Crippen LogP contribution in [0.25, 0.3) is 23.1 Å². The van der Waals surface area contributed by atoms with Crippen molar-refractivity contribution < 1.29 is 13.6 Å². The van der Waals surface area contributed by atoms with E-state index in [1.54, 1.807) is 18.4 Å². The van der Waals surface area contributed by atoms with E-state index < -0.39 is 0 Å². The van der Waals surface area contributed by atoms with Crippen LogP contribution in [0.1, 0.15) is 19.3 Å². The van der Waals surface area contributed by atoms with Gasteiger partial charge in [0.15, 0.2) is 5.76 Å². The molecule has 1 fully saturated rings. The van der Waals surface area contributed by atoms with Crippen molar-refractivity contribution in [3.05, 3.63) is 42.7 Å².